The molecule has 14 heavy (non-hydrogen) atoms. The largest absolute Gasteiger partial charge is 0.314 e. The molecule has 0 amide bonds. The third-order valence-corrected chi connectivity index (χ3v) is 3.20. The quantitative estimate of drug-likeness (QED) is 0.555. The average molecular weight is 197 g/mol. The van der Waals surface area contributed by atoms with Gasteiger partial charge in [-0.1, -0.05) is 46.0 Å². The summed E-state index contributed by atoms with van der Waals surface area (Å²) in [5.74, 6) is 0.929. The van der Waals surface area contributed by atoms with Crippen LogP contribution in [0.2, 0.25) is 0 Å². The fraction of sp³-hybridized carbons (Fsp3) is 1.00. The van der Waals surface area contributed by atoms with Crippen LogP contribution in [0.15, 0.2) is 0 Å². The summed E-state index contributed by atoms with van der Waals surface area (Å²) in [7, 11) is 0. The van der Waals surface area contributed by atoms with Crippen molar-refractivity contribution < 1.29 is 0 Å². The molecule has 0 heterocycles. The minimum atomic E-state index is 0.891. The van der Waals surface area contributed by atoms with Gasteiger partial charge in [0.1, 0.15) is 0 Å². The molecule has 1 heteroatoms. The molecule has 0 spiro atoms. The zero-order valence-corrected chi connectivity index (χ0v) is 10.0. The predicted octanol–water partition coefficient (Wildman–Crippen LogP) is 3.74. The minimum absolute atomic E-state index is 0.891. The van der Waals surface area contributed by atoms with E-state index >= 15 is 0 Å². The Morgan fingerprint density at radius 1 is 1.14 bits per heavy atom. The lowest BCUT2D eigenvalue weighted by Gasteiger charge is -2.11. The fourth-order valence-electron chi connectivity index (χ4n) is 1.89. The maximum atomic E-state index is 3.59. The number of rotatable bonds is 9. The van der Waals surface area contributed by atoms with Gasteiger partial charge in [0, 0.05) is 6.04 Å². The second-order valence-electron chi connectivity index (χ2n) is 4.97. The third kappa shape index (κ3) is 6.42. The van der Waals surface area contributed by atoms with Crippen LogP contribution in [0.25, 0.3) is 0 Å². The topological polar surface area (TPSA) is 12.0 Å². The highest BCUT2D eigenvalue weighted by molar-refractivity contribution is 4.80. The van der Waals surface area contributed by atoms with Gasteiger partial charge in [-0.15, -0.1) is 0 Å². The van der Waals surface area contributed by atoms with Gasteiger partial charge in [-0.05, 0) is 31.7 Å². The van der Waals surface area contributed by atoms with Gasteiger partial charge in [0.25, 0.3) is 0 Å². The van der Waals surface area contributed by atoms with Crippen molar-refractivity contribution in [2.75, 3.05) is 6.54 Å². The molecule has 1 unspecified atom stereocenters. The Morgan fingerprint density at radius 2 is 1.93 bits per heavy atom. The minimum Gasteiger partial charge on any atom is -0.314 e. The van der Waals surface area contributed by atoms with Crippen molar-refractivity contribution in [1.82, 2.24) is 5.32 Å². The molecule has 1 saturated carbocycles. The molecule has 84 valence electrons. The van der Waals surface area contributed by atoms with Crippen molar-refractivity contribution in [3.63, 3.8) is 0 Å². The summed E-state index contributed by atoms with van der Waals surface area (Å²) in [6.45, 7) is 5.93. The summed E-state index contributed by atoms with van der Waals surface area (Å²) in [6, 6.07) is 0.891. The van der Waals surface area contributed by atoms with Crippen LogP contribution in [0.4, 0.5) is 0 Å². The highest BCUT2D eigenvalue weighted by atomic mass is 14.9. The molecule has 0 radical (unpaired) electrons. The number of hydrogen-bond donors (Lipinski definition) is 1. The first kappa shape index (κ1) is 12.0. The number of unbranched alkanes of at least 4 members (excludes halogenated alkanes) is 3. The molecule has 0 bridgehead atoms. The zero-order valence-electron chi connectivity index (χ0n) is 10.0. The van der Waals surface area contributed by atoms with Crippen LogP contribution < -0.4 is 5.32 Å². The lowest BCUT2D eigenvalue weighted by atomic mass is 9.99. The predicted molar refractivity (Wildman–Crippen MR) is 63.6 cm³/mol. The van der Waals surface area contributed by atoms with E-state index in [0.29, 0.717) is 0 Å². The van der Waals surface area contributed by atoms with Crippen molar-refractivity contribution in [2.45, 2.75) is 71.3 Å². The van der Waals surface area contributed by atoms with E-state index in [0.717, 1.165) is 12.0 Å². The molecule has 1 rings (SSSR count). The van der Waals surface area contributed by atoms with Gasteiger partial charge in [-0.3, -0.25) is 0 Å². The Bertz CT molecular complexity index is 129. The molecule has 1 aliphatic rings. The lowest BCUT2D eigenvalue weighted by Crippen LogP contribution is -2.19. The van der Waals surface area contributed by atoms with E-state index in [1.807, 2.05) is 0 Å². The monoisotopic (exact) mass is 197 g/mol. The zero-order chi connectivity index (χ0) is 10.2. The molecule has 0 aliphatic heterocycles. The van der Waals surface area contributed by atoms with E-state index in [1.165, 1.54) is 57.9 Å². The van der Waals surface area contributed by atoms with Gasteiger partial charge in [0.05, 0.1) is 0 Å². The van der Waals surface area contributed by atoms with Gasteiger partial charge in [0.15, 0.2) is 0 Å². The van der Waals surface area contributed by atoms with Crippen LogP contribution in [0, 0.1) is 5.92 Å². The summed E-state index contributed by atoms with van der Waals surface area (Å²) in [5.41, 5.74) is 0. The van der Waals surface area contributed by atoms with E-state index in [2.05, 4.69) is 19.2 Å². The Balaban J connectivity index is 1.79. The average Bonchev–Trinajstić information content (AvgIpc) is 2.96. The normalized spacial score (nSPS) is 18.4. The molecular formula is C13H27N. The summed E-state index contributed by atoms with van der Waals surface area (Å²) in [6.07, 6.45) is 11.3. The summed E-state index contributed by atoms with van der Waals surface area (Å²) >= 11 is 0. The van der Waals surface area contributed by atoms with Crippen LogP contribution in [-0.2, 0) is 0 Å². The first-order valence-corrected chi connectivity index (χ1v) is 6.56. The van der Waals surface area contributed by atoms with Gasteiger partial charge < -0.3 is 5.32 Å². The van der Waals surface area contributed by atoms with Crippen molar-refractivity contribution in [2.24, 2.45) is 5.92 Å². The molecule has 0 aromatic heterocycles. The van der Waals surface area contributed by atoms with Gasteiger partial charge in [0.2, 0.25) is 0 Å². The van der Waals surface area contributed by atoms with E-state index in [9.17, 15) is 0 Å². The van der Waals surface area contributed by atoms with Crippen molar-refractivity contribution in [1.29, 1.82) is 0 Å². The van der Waals surface area contributed by atoms with Gasteiger partial charge in [-0.25, -0.2) is 0 Å². The second kappa shape index (κ2) is 7.28. The van der Waals surface area contributed by atoms with Crippen LogP contribution in [0.3, 0.4) is 0 Å². The Morgan fingerprint density at radius 3 is 2.57 bits per heavy atom. The van der Waals surface area contributed by atoms with Crippen LogP contribution in [0.1, 0.15) is 65.2 Å². The maximum absolute atomic E-state index is 3.59. The van der Waals surface area contributed by atoms with Gasteiger partial charge >= 0.3 is 0 Å². The molecule has 0 saturated heterocycles. The van der Waals surface area contributed by atoms with Crippen molar-refractivity contribution in [3.8, 4) is 0 Å². The van der Waals surface area contributed by atoms with E-state index in [-0.39, 0.29) is 0 Å². The molecule has 1 nitrogen and oxygen atoms in total. The van der Waals surface area contributed by atoms with Gasteiger partial charge in [-0.2, -0.15) is 0 Å². The highest BCUT2D eigenvalue weighted by Crippen LogP contribution is 2.19. The molecule has 0 aromatic carbocycles. The lowest BCUT2D eigenvalue weighted by molar-refractivity contribution is 0.444. The highest BCUT2D eigenvalue weighted by Gasteiger charge is 2.19. The van der Waals surface area contributed by atoms with Crippen molar-refractivity contribution >= 4 is 0 Å². The molecule has 1 fully saturated rings. The molecule has 0 aromatic rings. The third-order valence-electron chi connectivity index (χ3n) is 3.20. The summed E-state index contributed by atoms with van der Waals surface area (Å²) < 4.78 is 0. The Labute approximate surface area is 89.7 Å². The standard InChI is InChI=1S/C13H27N/c1-3-4-5-6-7-12(2)10-11-14-13-8-9-13/h12-14H,3-11H2,1-2H3. The molecule has 1 N–H and O–H groups in total. The number of nitrogens with one attached hydrogen (secondary N) is 1. The van der Waals surface area contributed by atoms with Crippen LogP contribution in [0.5, 0.6) is 0 Å². The first-order valence-electron chi connectivity index (χ1n) is 6.56. The fourth-order valence-corrected chi connectivity index (χ4v) is 1.89. The van der Waals surface area contributed by atoms with Crippen LogP contribution in [-0.4, -0.2) is 12.6 Å². The molecular weight excluding hydrogens is 170 g/mol. The van der Waals surface area contributed by atoms with Crippen molar-refractivity contribution in [3.05, 3.63) is 0 Å². The number of hydrogen-bond acceptors (Lipinski definition) is 1. The second-order valence-corrected chi connectivity index (χ2v) is 4.97. The van der Waals surface area contributed by atoms with E-state index in [1.54, 1.807) is 0 Å². The maximum Gasteiger partial charge on any atom is 0.00682 e. The smallest absolute Gasteiger partial charge is 0.00682 e. The van der Waals surface area contributed by atoms with E-state index in [4.69, 9.17) is 0 Å². The summed E-state index contributed by atoms with van der Waals surface area (Å²) in [5, 5.41) is 3.59. The first-order chi connectivity index (χ1) is 6.83. The Hall–Kier alpha value is -0.0400. The summed E-state index contributed by atoms with van der Waals surface area (Å²) in [4.78, 5) is 0. The molecule has 1 aliphatic carbocycles. The Kier molecular flexibility index (Phi) is 6.25. The SMILES string of the molecule is CCCCCCC(C)CCNC1CC1. The molecule has 1 atom stereocenters. The van der Waals surface area contributed by atoms with Crippen LogP contribution >= 0.6 is 0 Å². The van der Waals surface area contributed by atoms with E-state index < -0.39 is 0 Å².